The van der Waals surface area contributed by atoms with Gasteiger partial charge in [-0.15, -0.1) is 0 Å². The number of aryl methyl sites for hydroxylation is 1. The van der Waals surface area contributed by atoms with Crippen molar-refractivity contribution in [2.75, 3.05) is 0 Å². The van der Waals surface area contributed by atoms with E-state index in [1.807, 2.05) is 24.3 Å². The van der Waals surface area contributed by atoms with Crippen molar-refractivity contribution < 1.29 is 9.47 Å². The molecule has 2 aliphatic heterocycles. The average Bonchev–Trinajstić information content (AvgIpc) is 3.22. The molecule has 0 amide bonds. The maximum Gasteiger partial charge on any atom is 0.260 e. The van der Waals surface area contributed by atoms with E-state index in [1.54, 1.807) is 0 Å². The molecule has 0 fully saturated rings. The second kappa shape index (κ2) is 6.80. The third kappa shape index (κ3) is 2.57. The molecule has 6 aromatic rings. The van der Waals surface area contributed by atoms with Crippen LogP contribution in [-0.2, 0) is 0 Å². The summed E-state index contributed by atoms with van der Waals surface area (Å²) >= 11 is 0. The molecule has 0 bridgehead atoms. The summed E-state index contributed by atoms with van der Waals surface area (Å²) in [5, 5.41) is 2.53. The standard InChI is InChI=1S/C31H20BNO2/c1-19-13-16-26-22(17-19)21-7-2-4-9-25(21)33(26)20-14-15-24-30(18-20)35-29-12-6-11-28-31(29)32(24)23-8-3-5-10-27(23)34-28/h2-18H,1H3. The van der Waals surface area contributed by atoms with Crippen LogP contribution in [0.2, 0.25) is 0 Å². The van der Waals surface area contributed by atoms with Crippen LogP contribution < -0.4 is 25.9 Å². The molecule has 4 heteroatoms. The van der Waals surface area contributed by atoms with Gasteiger partial charge in [0.15, 0.2) is 0 Å². The molecule has 0 unspecified atom stereocenters. The Kier molecular flexibility index (Phi) is 3.68. The second-order valence-corrected chi connectivity index (χ2v) is 9.44. The molecule has 0 radical (unpaired) electrons. The minimum absolute atomic E-state index is 0.0877. The van der Waals surface area contributed by atoms with E-state index in [0.717, 1.165) is 34.1 Å². The number of fused-ring (bicyclic) bond motifs is 7. The Bertz CT molecular complexity index is 1830. The molecule has 1 aromatic heterocycles. The number of ether oxygens (including phenoxy) is 2. The van der Waals surface area contributed by atoms with Crippen LogP contribution in [0.15, 0.2) is 103 Å². The van der Waals surface area contributed by atoms with Crippen LogP contribution in [0, 0.1) is 6.92 Å². The van der Waals surface area contributed by atoms with Crippen molar-refractivity contribution in [2.45, 2.75) is 6.92 Å². The topological polar surface area (TPSA) is 23.4 Å². The molecular formula is C31H20BNO2. The first kappa shape index (κ1) is 18.9. The first-order valence-electron chi connectivity index (χ1n) is 12.0. The van der Waals surface area contributed by atoms with Gasteiger partial charge in [0.1, 0.15) is 23.0 Å². The number of hydrogen-bond donors (Lipinski definition) is 0. The molecule has 0 N–H and O–H groups in total. The fourth-order valence-corrected chi connectivity index (χ4v) is 5.87. The molecule has 0 saturated heterocycles. The first-order chi connectivity index (χ1) is 17.3. The van der Waals surface area contributed by atoms with E-state index < -0.39 is 0 Å². The van der Waals surface area contributed by atoms with E-state index in [2.05, 4.69) is 90.4 Å². The summed E-state index contributed by atoms with van der Waals surface area (Å²) in [6, 6.07) is 36.4. The summed E-state index contributed by atoms with van der Waals surface area (Å²) < 4.78 is 15.1. The number of aromatic nitrogens is 1. The Morgan fingerprint density at radius 1 is 0.571 bits per heavy atom. The smallest absolute Gasteiger partial charge is 0.260 e. The number of para-hydroxylation sites is 2. The van der Waals surface area contributed by atoms with Crippen LogP contribution in [-0.4, -0.2) is 11.3 Å². The van der Waals surface area contributed by atoms with Crippen molar-refractivity contribution in [2.24, 2.45) is 0 Å². The second-order valence-electron chi connectivity index (χ2n) is 9.44. The van der Waals surface area contributed by atoms with E-state index in [1.165, 1.54) is 38.3 Å². The SMILES string of the molecule is Cc1ccc2c(c1)c1ccccc1n2-c1ccc2c(c1)Oc1cccc3c1B2c1ccccc1O3. The van der Waals surface area contributed by atoms with Crippen molar-refractivity contribution in [1.29, 1.82) is 0 Å². The van der Waals surface area contributed by atoms with Crippen molar-refractivity contribution in [1.82, 2.24) is 4.57 Å². The highest BCUT2D eigenvalue weighted by Crippen LogP contribution is 2.37. The van der Waals surface area contributed by atoms with Gasteiger partial charge in [-0.2, -0.15) is 0 Å². The van der Waals surface area contributed by atoms with Gasteiger partial charge in [-0.3, -0.25) is 0 Å². The Balaban J connectivity index is 1.38. The van der Waals surface area contributed by atoms with Gasteiger partial charge in [-0.25, -0.2) is 0 Å². The molecule has 5 aromatic carbocycles. The lowest BCUT2D eigenvalue weighted by Crippen LogP contribution is -2.57. The quantitative estimate of drug-likeness (QED) is 0.295. The van der Waals surface area contributed by atoms with Gasteiger partial charge in [0.2, 0.25) is 0 Å². The van der Waals surface area contributed by atoms with Gasteiger partial charge >= 0.3 is 0 Å². The zero-order valence-corrected chi connectivity index (χ0v) is 19.2. The van der Waals surface area contributed by atoms with Crippen LogP contribution >= 0.6 is 0 Å². The summed E-state index contributed by atoms with van der Waals surface area (Å²) in [5.41, 5.74) is 8.21. The van der Waals surface area contributed by atoms with Gasteiger partial charge in [0, 0.05) is 28.0 Å². The number of nitrogens with zero attached hydrogens (tertiary/aromatic N) is 1. The summed E-state index contributed by atoms with van der Waals surface area (Å²) in [6.07, 6.45) is 0. The van der Waals surface area contributed by atoms with Gasteiger partial charge in [-0.1, -0.05) is 60.2 Å². The monoisotopic (exact) mass is 449 g/mol. The van der Waals surface area contributed by atoms with Crippen LogP contribution in [0.4, 0.5) is 0 Å². The van der Waals surface area contributed by atoms with Crippen LogP contribution in [0.1, 0.15) is 5.56 Å². The third-order valence-corrected chi connectivity index (χ3v) is 7.38. The molecule has 164 valence electrons. The molecule has 0 aliphatic carbocycles. The van der Waals surface area contributed by atoms with E-state index >= 15 is 0 Å². The average molecular weight is 449 g/mol. The largest absolute Gasteiger partial charge is 0.458 e. The zero-order valence-electron chi connectivity index (χ0n) is 19.2. The maximum atomic E-state index is 6.53. The zero-order chi connectivity index (χ0) is 23.1. The molecule has 3 heterocycles. The van der Waals surface area contributed by atoms with Gasteiger partial charge in [0.05, 0.1) is 11.0 Å². The van der Waals surface area contributed by atoms with Crippen LogP contribution in [0.25, 0.3) is 27.5 Å². The number of hydrogen-bond acceptors (Lipinski definition) is 2. The summed E-state index contributed by atoms with van der Waals surface area (Å²) in [7, 11) is 0. The minimum atomic E-state index is 0.0877. The lowest BCUT2D eigenvalue weighted by Gasteiger charge is -2.33. The Morgan fingerprint density at radius 2 is 1.29 bits per heavy atom. The molecular weight excluding hydrogens is 429 g/mol. The number of rotatable bonds is 1. The lowest BCUT2D eigenvalue weighted by molar-refractivity contribution is 0.464. The normalized spacial score (nSPS) is 13.1. The molecule has 8 rings (SSSR count). The Morgan fingerprint density at radius 3 is 2.20 bits per heavy atom. The first-order valence-corrected chi connectivity index (χ1v) is 12.0. The minimum Gasteiger partial charge on any atom is -0.458 e. The third-order valence-electron chi connectivity index (χ3n) is 7.38. The maximum absolute atomic E-state index is 6.53. The van der Waals surface area contributed by atoms with Crippen molar-refractivity contribution in [3.05, 3.63) is 109 Å². The highest BCUT2D eigenvalue weighted by molar-refractivity contribution is 6.98. The van der Waals surface area contributed by atoms with E-state index in [-0.39, 0.29) is 6.71 Å². The fraction of sp³-hybridized carbons (Fsp3) is 0.0323. The van der Waals surface area contributed by atoms with E-state index in [4.69, 9.17) is 9.47 Å². The molecule has 0 spiro atoms. The predicted octanol–water partition coefficient (Wildman–Crippen LogP) is 5.82. The Labute approximate surface area is 203 Å². The van der Waals surface area contributed by atoms with Crippen molar-refractivity contribution in [3.8, 4) is 28.7 Å². The summed E-state index contributed by atoms with van der Waals surface area (Å²) in [6.45, 7) is 2.24. The van der Waals surface area contributed by atoms with Crippen molar-refractivity contribution in [3.63, 3.8) is 0 Å². The molecule has 3 nitrogen and oxygen atoms in total. The van der Waals surface area contributed by atoms with E-state index in [0.29, 0.717) is 0 Å². The molecule has 0 saturated carbocycles. The molecule has 0 atom stereocenters. The Hall–Kier alpha value is -4.44. The fourth-order valence-electron chi connectivity index (χ4n) is 5.87. The predicted molar refractivity (Wildman–Crippen MR) is 143 cm³/mol. The molecule has 2 aliphatic rings. The van der Waals surface area contributed by atoms with E-state index in [9.17, 15) is 0 Å². The van der Waals surface area contributed by atoms with Gasteiger partial charge < -0.3 is 14.0 Å². The van der Waals surface area contributed by atoms with Gasteiger partial charge in [-0.05, 0) is 60.3 Å². The van der Waals surface area contributed by atoms with Crippen LogP contribution in [0.5, 0.6) is 23.0 Å². The van der Waals surface area contributed by atoms with Gasteiger partial charge in [0.25, 0.3) is 6.71 Å². The number of benzene rings is 5. The van der Waals surface area contributed by atoms with Crippen LogP contribution in [0.3, 0.4) is 0 Å². The summed E-state index contributed by atoms with van der Waals surface area (Å²) in [4.78, 5) is 0. The lowest BCUT2D eigenvalue weighted by atomic mass is 9.35. The summed E-state index contributed by atoms with van der Waals surface area (Å²) in [5.74, 6) is 3.55. The highest BCUT2D eigenvalue weighted by Gasteiger charge is 2.39. The molecule has 35 heavy (non-hydrogen) atoms. The van der Waals surface area contributed by atoms with Crippen molar-refractivity contribution >= 4 is 44.9 Å². The highest BCUT2D eigenvalue weighted by atomic mass is 16.5.